The van der Waals surface area contributed by atoms with E-state index in [9.17, 15) is 9.90 Å². The van der Waals surface area contributed by atoms with Gasteiger partial charge >= 0.3 is 0 Å². The molecule has 4 aliphatic rings. The van der Waals surface area contributed by atoms with Gasteiger partial charge in [-0.05, 0) is 86.5 Å². The minimum atomic E-state index is -0.396. The molecule has 1 aliphatic heterocycles. The average Bonchev–Trinajstić information content (AvgIpc) is 3.55. The number of epoxide rings is 1. The fraction of sp³-hybridized carbons (Fsp3) is 0.806. The highest BCUT2D eigenvalue weighted by Crippen LogP contribution is 2.84. The molecular weight excluding hydrogens is 494 g/mol. The third-order valence-corrected chi connectivity index (χ3v) is 13.3. The number of nitrogens with one attached hydrogen (secondary N) is 1. The Morgan fingerprint density at radius 1 is 0.950 bits per heavy atom. The van der Waals surface area contributed by atoms with Crippen LogP contribution in [0.5, 0.6) is 0 Å². The summed E-state index contributed by atoms with van der Waals surface area (Å²) in [6.45, 7) is 17.3. The van der Waals surface area contributed by atoms with Crippen LogP contribution in [0.3, 0.4) is 0 Å². The number of hydrogen-bond acceptors (Lipinski definition) is 3. The summed E-state index contributed by atoms with van der Waals surface area (Å²) >= 11 is 0. The normalized spacial score (nSPS) is 41.5. The first-order valence-corrected chi connectivity index (χ1v) is 16.5. The van der Waals surface area contributed by atoms with E-state index in [1.807, 2.05) is 25.1 Å². The summed E-state index contributed by atoms with van der Waals surface area (Å²) in [6.07, 6.45) is 11.7. The second-order valence-electron chi connectivity index (χ2n) is 15.5. The van der Waals surface area contributed by atoms with Crippen molar-refractivity contribution in [2.75, 3.05) is 0 Å². The van der Waals surface area contributed by atoms with Gasteiger partial charge in [0.15, 0.2) is 0 Å². The fourth-order valence-corrected chi connectivity index (χ4v) is 10.9. The minimum absolute atomic E-state index is 0.102. The Morgan fingerprint density at radius 3 is 2.33 bits per heavy atom. The maximum absolute atomic E-state index is 13.1. The average molecular weight is 552 g/mol. The smallest absolute Gasteiger partial charge is 0.220 e. The monoisotopic (exact) mass is 551 g/mol. The molecule has 1 aromatic rings. The third kappa shape index (κ3) is 4.41. The van der Waals surface area contributed by atoms with E-state index in [4.69, 9.17) is 4.74 Å². The van der Waals surface area contributed by atoms with Gasteiger partial charge in [-0.25, -0.2) is 0 Å². The van der Waals surface area contributed by atoms with Gasteiger partial charge in [-0.3, -0.25) is 4.79 Å². The molecule has 9 atom stereocenters. The van der Waals surface area contributed by atoms with Crippen LogP contribution in [0.1, 0.15) is 125 Å². The van der Waals surface area contributed by atoms with Crippen molar-refractivity contribution in [2.24, 2.45) is 39.9 Å². The molecule has 0 spiro atoms. The summed E-state index contributed by atoms with van der Waals surface area (Å²) in [5.74, 6) is 2.55. The number of aliphatic hydroxyl groups is 1. The first-order chi connectivity index (χ1) is 18.9. The van der Waals surface area contributed by atoms with Crippen molar-refractivity contribution in [1.82, 2.24) is 5.32 Å². The first kappa shape index (κ1) is 30.1. The zero-order chi connectivity index (χ0) is 29.0. The summed E-state index contributed by atoms with van der Waals surface area (Å²) in [4.78, 5) is 13.1. The maximum atomic E-state index is 13.1. The molecule has 40 heavy (non-hydrogen) atoms. The molecule has 1 heterocycles. The van der Waals surface area contributed by atoms with Crippen LogP contribution in [0.15, 0.2) is 30.3 Å². The van der Waals surface area contributed by atoms with Crippen LogP contribution in [0, 0.1) is 39.9 Å². The number of carbonyl (C=O) groups is 1. The van der Waals surface area contributed by atoms with Crippen molar-refractivity contribution in [3.8, 4) is 0 Å². The summed E-state index contributed by atoms with van der Waals surface area (Å²) in [5.41, 5.74) is 1.02. The van der Waals surface area contributed by atoms with E-state index in [0.29, 0.717) is 13.0 Å². The van der Waals surface area contributed by atoms with Gasteiger partial charge in [0.2, 0.25) is 5.91 Å². The highest BCUT2D eigenvalue weighted by Gasteiger charge is 2.89. The largest absolute Gasteiger partial charge is 0.393 e. The number of fused-ring (bicyclic) bond motifs is 1. The maximum Gasteiger partial charge on any atom is 0.220 e. The zero-order valence-electron chi connectivity index (χ0n) is 26.5. The molecule has 224 valence electrons. The van der Waals surface area contributed by atoms with Gasteiger partial charge in [0.25, 0.3) is 0 Å². The van der Waals surface area contributed by atoms with Crippen molar-refractivity contribution in [3.63, 3.8) is 0 Å². The Labute approximate surface area is 244 Å². The van der Waals surface area contributed by atoms with Crippen molar-refractivity contribution < 1.29 is 14.6 Å². The van der Waals surface area contributed by atoms with Gasteiger partial charge in [-0.15, -0.1) is 0 Å². The van der Waals surface area contributed by atoms with E-state index >= 15 is 0 Å². The van der Waals surface area contributed by atoms with Crippen molar-refractivity contribution in [2.45, 2.75) is 143 Å². The molecule has 3 saturated carbocycles. The Balaban J connectivity index is 1.34. The Bertz CT molecular complexity index is 1060. The summed E-state index contributed by atoms with van der Waals surface area (Å²) in [6, 6.07) is 10.1. The first-order valence-electron chi connectivity index (χ1n) is 16.5. The number of aliphatic hydroxyl groups excluding tert-OH is 1. The van der Waals surface area contributed by atoms with E-state index in [2.05, 4.69) is 59.0 Å². The molecule has 0 radical (unpaired) electrons. The van der Waals surface area contributed by atoms with Crippen LogP contribution in [0.2, 0.25) is 0 Å². The lowest BCUT2D eigenvalue weighted by Crippen LogP contribution is -2.63. The van der Waals surface area contributed by atoms with Gasteiger partial charge in [-0.2, -0.15) is 0 Å². The molecule has 0 aromatic heterocycles. The highest BCUT2D eigenvalue weighted by atomic mass is 16.6. The predicted molar refractivity (Wildman–Crippen MR) is 163 cm³/mol. The predicted octanol–water partition coefficient (Wildman–Crippen LogP) is 8.07. The molecule has 4 fully saturated rings. The number of carbonyl (C=O) groups excluding carboxylic acids is 1. The van der Waals surface area contributed by atoms with Crippen molar-refractivity contribution >= 4 is 5.91 Å². The van der Waals surface area contributed by atoms with Crippen molar-refractivity contribution in [1.29, 1.82) is 0 Å². The molecule has 4 nitrogen and oxygen atoms in total. The summed E-state index contributed by atoms with van der Waals surface area (Å²) in [5, 5.41) is 14.2. The van der Waals surface area contributed by atoms with Gasteiger partial charge < -0.3 is 15.2 Å². The molecule has 0 bridgehead atoms. The number of benzene rings is 1. The molecule has 4 heteroatoms. The summed E-state index contributed by atoms with van der Waals surface area (Å²) in [7, 11) is 0. The van der Waals surface area contributed by atoms with Crippen molar-refractivity contribution in [3.05, 3.63) is 35.9 Å². The molecule has 1 saturated heterocycles. The number of rotatable bonds is 11. The molecule has 1 amide bonds. The lowest BCUT2D eigenvalue weighted by atomic mass is 9.41. The third-order valence-electron chi connectivity index (χ3n) is 13.3. The molecular formula is C36H57NO3. The lowest BCUT2D eigenvalue weighted by molar-refractivity contribution is -0.126. The second-order valence-corrected chi connectivity index (χ2v) is 15.5. The van der Waals surface area contributed by atoms with Gasteiger partial charge in [0.1, 0.15) is 11.2 Å². The van der Waals surface area contributed by atoms with Crippen LogP contribution < -0.4 is 5.32 Å². The number of amides is 1. The van der Waals surface area contributed by atoms with E-state index in [1.54, 1.807) is 0 Å². The molecule has 2 N–H and O–H groups in total. The van der Waals surface area contributed by atoms with E-state index in [0.717, 1.165) is 49.0 Å². The van der Waals surface area contributed by atoms with Gasteiger partial charge in [0, 0.05) is 23.8 Å². The van der Waals surface area contributed by atoms with Crippen LogP contribution in [0.4, 0.5) is 0 Å². The molecule has 1 aromatic carbocycles. The Kier molecular flexibility index (Phi) is 8.05. The topological polar surface area (TPSA) is 61.9 Å². The highest BCUT2D eigenvalue weighted by molar-refractivity contribution is 5.76. The second kappa shape index (κ2) is 10.7. The Morgan fingerprint density at radius 2 is 1.65 bits per heavy atom. The van der Waals surface area contributed by atoms with Crippen LogP contribution in [-0.2, 0) is 16.1 Å². The van der Waals surface area contributed by atoms with Crippen LogP contribution in [0.25, 0.3) is 0 Å². The standard InChI is InChI=1S/C36H57NO3/c1-25(2)12-11-13-26(3)29-16-20-34(7)32(29,5)22-23-35-33(6,30(27(4)38)17-21-36(34,35)40-35)19-18-31(39)37-24-28-14-9-8-10-15-28/h8-10,14-15,25-27,29-30,38H,11-13,16-24H2,1-7H3,(H,37,39). The number of ether oxygens (including phenoxy) is 1. The van der Waals surface area contributed by atoms with Crippen LogP contribution >= 0.6 is 0 Å². The quantitative estimate of drug-likeness (QED) is 0.273. The summed E-state index contributed by atoms with van der Waals surface area (Å²) < 4.78 is 7.25. The van der Waals surface area contributed by atoms with Gasteiger partial charge in [0.05, 0.1) is 6.10 Å². The van der Waals surface area contributed by atoms with Crippen LogP contribution in [-0.4, -0.2) is 28.3 Å². The molecule has 3 aliphatic carbocycles. The van der Waals surface area contributed by atoms with E-state index in [-0.39, 0.29) is 39.3 Å². The van der Waals surface area contributed by atoms with E-state index in [1.165, 1.54) is 38.5 Å². The zero-order valence-corrected chi connectivity index (χ0v) is 26.5. The molecule has 5 rings (SSSR count). The lowest BCUT2D eigenvalue weighted by Gasteiger charge is -2.60. The van der Waals surface area contributed by atoms with Gasteiger partial charge in [-0.1, -0.05) is 91.1 Å². The Hall–Kier alpha value is -1.39. The SMILES string of the molecule is CC(C)CCCC(C)C1CCC2(C)C1(C)CCC13OC21CCC(C(C)O)C3(C)CCC(=O)NCc1ccccc1. The minimum Gasteiger partial charge on any atom is -0.393 e. The van der Waals surface area contributed by atoms with E-state index < -0.39 is 6.10 Å². The fourth-order valence-electron chi connectivity index (χ4n) is 10.9. The molecule has 9 unspecified atom stereocenters. The number of hydrogen-bond donors (Lipinski definition) is 2.